The summed E-state index contributed by atoms with van der Waals surface area (Å²) in [6.07, 6.45) is 8.24. The molecule has 1 aliphatic heterocycles. The van der Waals surface area contributed by atoms with Gasteiger partial charge in [0.05, 0.1) is 35.8 Å². The molecule has 320 valence electrons. The minimum atomic E-state index is -1.52. The van der Waals surface area contributed by atoms with Crippen molar-refractivity contribution < 1.29 is 53.2 Å². The minimum absolute atomic E-state index is 0.0177. The molecule has 1 fully saturated rings. The van der Waals surface area contributed by atoms with Crippen LogP contribution in [0, 0.1) is 27.9 Å². The van der Waals surface area contributed by atoms with E-state index in [1.165, 1.54) is 36.3 Å². The molecular formula is C45H53N3O12. The lowest BCUT2D eigenvalue weighted by Crippen LogP contribution is -2.69. The first kappa shape index (κ1) is 43.8. The lowest BCUT2D eigenvalue weighted by molar-refractivity contribution is -0.384. The number of nitro groups is 1. The fourth-order valence-corrected chi connectivity index (χ4v) is 8.87. The highest BCUT2D eigenvalue weighted by Crippen LogP contribution is 2.62. The standard InChI is InChI=1S/C45H53N3O12/c1-5-23-56-45-41(47(3)44(52)59-32-15-13-31(14-16-32)48(53)54)27-38(46-57-6-2)36-25-29(11-7-9-21-49)35(12-8-10-22-50)42(43(36)45)37-26-34(18-20-40(37)60-45)58-33-17-19-39(55-4)30(24-33)28-51/h5,13-20,24-26,28-29,35,41-43,49-50H,1,6-12,21-23,27H2,2-4H3/t29-,35+,41-,42+,43+,45+/m0/s1. The smallest absolute Gasteiger partial charge is 0.415 e. The highest BCUT2D eigenvalue weighted by molar-refractivity contribution is 6.03. The van der Waals surface area contributed by atoms with Crippen molar-refractivity contribution in [1.82, 2.24) is 4.90 Å². The maximum Gasteiger partial charge on any atom is 0.415 e. The second-order valence-corrected chi connectivity index (χ2v) is 15.0. The zero-order chi connectivity index (χ0) is 42.8. The molecule has 0 unspecified atom stereocenters. The van der Waals surface area contributed by atoms with Crippen molar-refractivity contribution in [1.29, 1.82) is 0 Å². The zero-order valence-corrected chi connectivity index (χ0v) is 34.2. The van der Waals surface area contributed by atoms with Gasteiger partial charge in [-0.3, -0.25) is 14.9 Å². The number of hydrogen-bond donors (Lipinski definition) is 2. The van der Waals surface area contributed by atoms with Crippen molar-refractivity contribution in [2.45, 2.75) is 69.6 Å². The van der Waals surface area contributed by atoms with Crippen LogP contribution in [0.3, 0.4) is 0 Å². The predicted molar refractivity (Wildman–Crippen MR) is 222 cm³/mol. The number of nitro benzene ring substituents is 1. The van der Waals surface area contributed by atoms with Crippen LogP contribution in [0.5, 0.6) is 28.7 Å². The number of non-ortho nitro benzene ring substituents is 1. The van der Waals surface area contributed by atoms with Crippen LogP contribution in [0.4, 0.5) is 10.5 Å². The lowest BCUT2D eigenvalue weighted by Gasteiger charge is -2.59. The van der Waals surface area contributed by atoms with E-state index >= 15 is 0 Å². The number of aldehydes is 1. The van der Waals surface area contributed by atoms with Gasteiger partial charge in [0, 0.05) is 50.3 Å². The summed E-state index contributed by atoms with van der Waals surface area (Å²) in [6.45, 7) is 6.26. The number of oxime groups is 1. The molecule has 60 heavy (non-hydrogen) atoms. The molecule has 0 spiro atoms. The highest BCUT2D eigenvalue weighted by atomic mass is 16.7. The van der Waals surface area contributed by atoms with Gasteiger partial charge in [-0.2, -0.15) is 0 Å². The summed E-state index contributed by atoms with van der Waals surface area (Å²) in [5, 5.41) is 35.6. The molecule has 15 heteroatoms. The van der Waals surface area contributed by atoms with Gasteiger partial charge < -0.3 is 43.6 Å². The fourth-order valence-electron chi connectivity index (χ4n) is 8.87. The lowest BCUT2D eigenvalue weighted by atomic mass is 9.55. The molecule has 1 saturated carbocycles. The third kappa shape index (κ3) is 9.18. The van der Waals surface area contributed by atoms with Crippen LogP contribution in [-0.4, -0.2) is 90.5 Å². The van der Waals surface area contributed by atoms with Crippen LogP contribution in [0.1, 0.15) is 73.7 Å². The molecule has 2 aliphatic carbocycles. The van der Waals surface area contributed by atoms with Gasteiger partial charge in [0.2, 0.25) is 5.79 Å². The third-order valence-corrected chi connectivity index (χ3v) is 11.5. The van der Waals surface area contributed by atoms with Gasteiger partial charge in [0.15, 0.2) is 6.29 Å². The van der Waals surface area contributed by atoms with E-state index in [1.807, 2.05) is 19.1 Å². The molecule has 2 N–H and O–H groups in total. The average Bonchev–Trinajstić information content (AvgIpc) is 3.26. The van der Waals surface area contributed by atoms with Crippen molar-refractivity contribution in [3.63, 3.8) is 0 Å². The maximum absolute atomic E-state index is 14.1. The Kier molecular flexibility index (Phi) is 14.6. The molecule has 3 aromatic carbocycles. The van der Waals surface area contributed by atoms with Gasteiger partial charge in [-0.15, -0.1) is 6.58 Å². The summed E-state index contributed by atoms with van der Waals surface area (Å²) in [6, 6.07) is 15.0. The number of hydrogen-bond acceptors (Lipinski definition) is 13. The number of allylic oxidation sites excluding steroid dienone is 1. The van der Waals surface area contributed by atoms with E-state index < -0.39 is 28.8 Å². The number of amides is 1. The first-order valence-electron chi connectivity index (χ1n) is 20.3. The first-order chi connectivity index (χ1) is 29.1. The normalized spacial score (nSPS) is 23.2. The average molecular weight is 828 g/mol. The van der Waals surface area contributed by atoms with E-state index in [0.717, 1.165) is 36.8 Å². The Hall–Kier alpha value is -5.77. The number of aliphatic hydroxyl groups excluding tert-OH is 2. The Morgan fingerprint density at radius 3 is 2.40 bits per heavy atom. The molecule has 0 saturated heterocycles. The topological polar surface area (TPSA) is 189 Å². The molecular weight excluding hydrogens is 775 g/mol. The van der Waals surface area contributed by atoms with Crippen LogP contribution >= 0.6 is 0 Å². The molecule has 6 rings (SSSR count). The number of rotatable bonds is 20. The van der Waals surface area contributed by atoms with Gasteiger partial charge in [-0.25, -0.2) is 4.79 Å². The van der Waals surface area contributed by atoms with Crippen molar-refractivity contribution in [3.8, 4) is 28.7 Å². The summed E-state index contributed by atoms with van der Waals surface area (Å²) in [7, 11) is 3.09. The second kappa shape index (κ2) is 20.0. The zero-order valence-electron chi connectivity index (χ0n) is 34.2. The molecule has 0 radical (unpaired) electrons. The summed E-state index contributed by atoms with van der Waals surface area (Å²) >= 11 is 0. The monoisotopic (exact) mass is 827 g/mol. The van der Waals surface area contributed by atoms with Crippen molar-refractivity contribution in [2.24, 2.45) is 22.9 Å². The number of likely N-dealkylation sites (N-methyl/N-ethyl adjacent to an activating group) is 1. The number of methoxy groups -OCH3 is 1. The molecule has 6 atom stereocenters. The first-order valence-corrected chi connectivity index (χ1v) is 20.3. The molecule has 0 bridgehead atoms. The van der Waals surface area contributed by atoms with Crippen LogP contribution in [0.25, 0.3) is 0 Å². The fraction of sp³-hybridized carbons (Fsp3) is 0.444. The Bertz CT molecular complexity index is 2070. The van der Waals surface area contributed by atoms with Crippen molar-refractivity contribution >= 4 is 23.8 Å². The number of fused-ring (bicyclic) bond motifs is 2. The highest BCUT2D eigenvalue weighted by Gasteiger charge is 2.65. The third-order valence-electron chi connectivity index (χ3n) is 11.5. The molecule has 1 heterocycles. The summed E-state index contributed by atoms with van der Waals surface area (Å²) < 4.78 is 31.5. The number of benzene rings is 3. The number of carbonyl (C=O) groups is 2. The number of aliphatic hydroxyl groups is 2. The van der Waals surface area contributed by atoms with Crippen LogP contribution in [0.2, 0.25) is 0 Å². The summed E-state index contributed by atoms with van der Waals surface area (Å²) in [5.74, 6) is -0.419. The molecule has 3 aliphatic rings. The van der Waals surface area contributed by atoms with E-state index in [0.29, 0.717) is 60.0 Å². The van der Waals surface area contributed by atoms with Gasteiger partial charge in [0.1, 0.15) is 41.4 Å². The van der Waals surface area contributed by atoms with Crippen molar-refractivity contribution in [3.05, 3.63) is 106 Å². The van der Waals surface area contributed by atoms with Gasteiger partial charge in [-0.1, -0.05) is 30.1 Å². The van der Waals surface area contributed by atoms with Crippen LogP contribution in [0.15, 0.2) is 90.1 Å². The Balaban J connectivity index is 1.52. The predicted octanol–water partition coefficient (Wildman–Crippen LogP) is 7.99. The number of ether oxygens (including phenoxy) is 5. The Labute approximate surface area is 349 Å². The number of unbranched alkanes of at least 4 members (excludes halogenated alkanes) is 2. The molecule has 15 nitrogen and oxygen atoms in total. The summed E-state index contributed by atoms with van der Waals surface area (Å²) in [4.78, 5) is 43.9. The Morgan fingerprint density at radius 1 is 1.03 bits per heavy atom. The van der Waals surface area contributed by atoms with E-state index in [1.54, 1.807) is 37.4 Å². The SMILES string of the molecule is C=CCO[C@@]12Oc3ccc(Oc4ccc(OC)c(C=O)c4)cc3[C@H]3[C@H](CCCCO)[C@@H](CCCCO)C=C(C(=NOCC)C[C@@H]1N(C)C(=O)Oc1ccc([N+](=O)[O-])cc1)[C@H]32. The molecule has 1 amide bonds. The molecule has 0 aromatic heterocycles. The van der Waals surface area contributed by atoms with E-state index in [2.05, 4.69) is 17.8 Å². The number of carbonyl (C=O) groups excluding carboxylic acids is 2. The second-order valence-electron chi connectivity index (χ2n) is 15.0. The number of nitrogens with zero attached hydrogens (tertiary/aromatic N) is 3. The summed E-state index contributed by atoms with van der Waals surface area (Å²) in [5.41, 5.74) is 2.51. The maximum atomic E-state index is 14.1. The van der Waals surface area contributed by atoms with Gasteiger partial charge in [-0.05, 0) is 98.5 Å². The van der Waals surface area contributed by atoms with Gasteiger partial charge in [0.25, 0.3) is 5.69 Å². The van der Waals surface area contributed by atoms with Crippen LogP contribution in [-0.2, 0) is 9.57 Å². The Morgan fingerprint density at radius 2 is 1.73 bits per heavy atom. The largest absolute Gasteiger partial charge is 0.496 e. The van der Waals surface area contributed by atoms with Crippen LogP contribution < -0.4 is 18.9 Å². The quantitative estimate of drug-likeness (QED) is 0.0368. The van der Waals surface area contributed by atoms with E-state index in [9.17, 15) is 29.9 Å². The molecule has 3 aromatic rings. The van der Waals surface area contributed by atoms with Gasteiger partial charge >= 0.3 is 6.09 Å². The van der Waals surface area contributed by atoms with E-state index in [-0.39, 0.29) is 55.4 Å². The van der Waals surface area contributed by atoms with E-state index in [4.69, 9.17) is 28.5 Å². The minimum Gasteiger partial charge on any atom is -0.496 e. The van der Waals surface area contributed by atoms with Crippen molar-refractivity contribution in [2.75, 3.05) is 40.6 Å².